The second kappa shape index (κ2) is 7.68. The Labute approximate surface area is 161 Å². The van der Waals surface area contributed by atoms with E-state index in [-0.39, 0.29) is 11.3 Å². The highest BCUT2D eigenvalue weighted by molar-refractivity contribution is 6.36. The maximum absolute atomic E-state index is 12.8. The molecular formula is C20H20ClN3O3. The van der Waals surface area contributed by atoms with Crippen molar-refractivity contribution in [1.82, 2.24) is 15.2 Å². The number of fused-ring (bicyclic) bond motifs is 2. The van der Waals surface area contributed by atoms with E-state index in [2.05, 4.69) is 15.2 Å². The number of benzene rings is 2. The number of nitrogens with zero attached hydrogens (tertiary/aromatic N) is 1. The molecule has 2 N–H and O–H groups in total. The van der Waals surface area contributed by atoms with Crippen molar-refractivity contribution >= 4 is 39.3 Å². The van der Waals surface area contributed by atoms with Gasteiger partial charge < -0.3 is 15.0 Å². The molecule has 1 amide bonds. The monoisotopic (exact) mass is 385 g/mol. The zero-order chi connectivity index (χ0) is 18.8. The van der Waals surface area contributed by atoms with E-state index in [9.17, 15) is 9.59 Å². The van der Waals surface area contributed by atoms with Gasteiger partial charge in [0.1, 0.15) is 0 Å². The second-order valence-electron chi connectivity index (χ2n) is 6.55. The third-order valence-electron chi connectivity index (χ3n) is 4.87. The van der Waals surface area contributed by atoms with E-state index < -0.39 is 0 Å². The van der Waals surface area contributed by atoms with Gasteiger partial charge in [-0.25, -0.2) is 0 Å². The number of H-pyrrole nitrogens is 1. The first-order valence-electron chi connectivity index (χ1n) is 8.96. The lowest BCUT2D eigenvalue weighted by atomic mass is 10.1. The highest BCUT2D eigenvalue weighted by Crippen LogP contribution is 2.25. The molecule has 1 aliphatic rings. The van der Waals surface area contributed by atoms with Crippen molar-refractivity contribution in [1.29, 1.82) is 0 Å². The van der Waals surface area contributed by atoms with Gasteiger partial charge in [-0.15, -0.1) is 0 Å². The standard InChI is InChI=1S/C20H20ClN3O3/c21-15-6-5-14(20(26)22-7-8-24-9-11-27-12-10-24)18-17(15)19(25)13-3-1-2-4-16(13)23-18/h1-6H,7-12H2,(H,22,26)(H,23,25). The lowest BCUT2D eigenvalue weighted by molar-refractivity contribution is 0.0383. The number of morpholine rings is 1. The average molecular weight is 386 g/mol. The number of carbonyl (C=O) groups excluding carboxylic acids is 1. The van der Waals surface area contributed by atoms with Crippen LogP contribution in [-0.2, 0) is 4.74 Å². The molecule has 0 radical (unpaired) electrons. The summed E-state index contributed by atoms with van der Waals surface area (Å²) in [6.07, 6.45) is 0. The van der Waals surface area contributed by atoms with Gasteiger partial charge in [-0.2, -0.15) is 0 Å². The molecule has 0 spiro atoms. The van der Waals surface area contributed by atoms with Crippen LogP contribution in [0.5, 0.6) is 0 Å². The second-order valence-corrected chi connectivity index (χ2v) is 6.96. The number of amides is 1. The Bertz CT molecular complexity index is 1060. The minimum absolute atomic E-state index is 0.174. The number of aromatic amines is 1. The largest absolute Gasteiger partial charge is 0.379 e. The predicted octanol–water partition coefficient (Wildman–Crippen LogP) is 2.40. The van der Waals surface area contributed by atoms with Crippen LogP contribution in [0.4, 0.5) is 0 Å². The van der Waals surface area contributed by atoms with Crippen molar-refractivity contribution in [2.24, 2.45) is 0 Å². The van der Waals surface area contributed by atoms with E-state index >= 15 is 0 Å². The van der Waals surface area contributed by atoms with Crippen molar-refractivity contribution in [2.75, 3.05) is 39.4 Å². The minimum atomic E-state index is -0.226. The SMILES string of the molecule is O=C(NCCN1CCOCC1)c1ccc(Cl)c2c(=O)c3ccccc3[nH]c12. The number of rotatable bonds is 4. The third kappa shape index (κ3) is 3.56. The van der Waals surface area contributed by atoms with Crippen LogP contribution in [0.3, 0.4) is 0 Å². The smallest absolute Gasteiger partial charge is 0.253 e. The molecule has 3 aromatic rings. The average Bonchev–Trinajstić information content (AvgIpc) is 2.69. The van der Waals surface area contributed by atoms with Gasteiger partial charge >= 0.3 is 0 Å². The molecule has 27 heavy (non-hydrogen) atoms. The molecule has 0 unspecified atom stereocenters. The van der Waals surface area contributed by atoms with Crippen LogP contribution in [0, 0.1) is 0 Å². The maximum Gasteiger partial charge on any atom is 0.253 e. The maximum atomic E-state index is 12.8. The molecule has 2 aromatic carbocycles. The molecule has 0 atom stereocenters. The fourth-order valence-corrected chi connectivity index (χ4v) is 3.67. The summed E-state index contributed by atoms with van der Waals surface area (Å²) in [6, 6.07) is 10.5. The molecule has 7 heteroatoms. The molecule has 1 fully saturated rings. The lowest BCUT2D eigenvalue weighted by Crippen LogP contribution is -2.41. The Morgan fingerprint density at radius 3 is 2.78 bits per heavy atom. The molecule has 1 aliphatic heterocycles. The van der Waals surface area contributed by atoms with Crippen molar-refractivity contribution in [3.63, 3.8) is 0 Å². The number of hydrogen-bond donors (Lipinski definition) is 2. The number of nitrogens with one attached hydrogen (secondary N) is 2. The Balaban J connectivity index is 1.64. The van der Waals surface area contributed by atoms with Gasteiger partial charge in [0.2, 0.25) is 0 Å². The van der Waals surface area contributed by atoms with Gasteiger partial charge in [0.05, 0.1) is 34.7 Å². The van der Waals surface area contributed by atoms with Crippen LogP contribution >= 0.6 is 11.6 Å². The summed E-state index contributed by atoms with van der Waals surface area (Å²) in [5, 5.41) is 4.17. The Kier molecular flexibility index (Phi) is 5.11. The Morgan fingerprint density at radius 2 is 1.96 bits per heavy atom. The zero-order valence-corrected chi connectivity index (χ0v) is 15.5. The number of para-hydroxylation sites is 1. The summed E-state index contributed by atoms with van der Waals surface area (Å²) in [5.74, 6) is -0.226. The van der Waals surface area contributed by atoms with Crippen LogP contribution in [0.1, 0.15) is 10.4 Å². The number of hydrogen-bond acceptors (Lipinski definition) is 4. The van der Waals surface area contributed by atoms with Crippen LogP contribution in [0.2, 0.25) is 5.02 Å². The first-order valence-corrected chi connectivity index (χ1v) is 9.34. The van der Waals surface area contributed by atoms with Crippen LogP contribution in [0.25, 0.3) is 21.8 Å². The molecule has 4 rings (SSSR count). The van der Waals surface area contributed by atoms with Crippen molar-refractivity contribution in [3.05, 3.63) is 57.2 Å². The summed E-state index contributed by atoms with van der Waals surface area (Å²) < 4.78 is 5.33. The van der Waals surface area contributed by atoms with Crippen molar-refractivity contribution in [3.8, 4) is 0 Å². The quantitative estimate of drug-likeness (QED) is 0.676. The summed E-state index contributed by atoms with van der Waals surface area (Å²) in [6.45, 7) is 4.49. The van der Waals surface area contributed by atoms with Gasteiger partial charge in [-0.3, -0.25) is 14.5 Å². The Morgan fingerprint density at radius 1 is 1.19 bits per heavy atom. The third-order valence-corrected chi connectivity index (χ3v) is 5.19. The number of ether oxygens (including phenoxy) is 1. The van der Waals surface area contributed by atoms with Gasteiger partial charge in [0.25, 0.3) is 5.91 Å². The molecule has 1 saturated heterocycles. The van der Waals surface area contributed by atoms with E-state index in [1.54, 1.807) is 24.3 Å². The van der Waals surface area contributed by atoms with E-state index in [0.29, 0.717) is 38.9 Å². The molecule has 2 heterocycles. The molecule has 1 aromatic heterocycles. The first kappa shape index (κ1) is 18.0. The summed E-state index contributed by atoms with van der Waals surface area (Å²) in [4.78, 5) is 31.0. The number of pyridine rings is 1. The topological polar surface area (TPSA) is 74.4 Å². The molecule has 0 bridgehead atoms. The molecule has 6 nitrogen and oxygen atoms in total. The number of aromatic nitrogens is 1. The van der Waals surface area contributed by atoms with Gasteiger partial charge in [0, 0.05) is 37.1 Å². The van der Waals surface area contributed by atoms with Gasteiger partial charge in [-0.1, -0.05) is 23.7 Å². The minimum Gasteiger partial charge on any atom is -0.379 e. The normalized spacial score (nSPS) is 15.3. The molecule has 0 aliphatic carbocycles. The highest BCUT2D eigenvalue weighted by Gasteiger charge is 2.17. The molecular weight excluding hydrogens is 366 g/mol. The van der Waals surface area contributed by atoms with E-state index in [0.717, 1.165) is 32.8 Å². The summed E-state index contributed by atoms with van der Waals surface area (Å²) >= 11 is 6.28. The number of carbonyl (C=O) groups is 1. The zero-order valence-electron chi connectivity index (χ0n) is 14.8. The van der Waals surface area contributed by atoms with Crippen LogP contribution in [-0.4, -0.2) is 55.2 Å². The van der Waals surface area contributed by atoms with Gasteiger partial charge in [0.15, 0.2) is 5.43 Å². The van der Waals surface area contributed by atoms with E-state index in [1.807, 2.05) is 12.1 Å². The van der Waals surface area contributed by atoms with Crippen molar-refractivity contribution < 1.29 is 9.53 Å². The lowest BCUT2D eigenvalue weighted by Gasteiger charge is -2.26. The summed E-state index contributed by atoms with van der Waals surface area (Å²) in [7, 11) is 0. The van der Waals surface area contributed by atoms with E-state index in [1.165, 1.54) is 0 Å². The summed E-state index contributed by atoms with van der Waals surface area (Å²) in [5.41, 5.74) is 1.39. The fraction of sp³-hybridized carbons (Fsp3) is 0.300. The van der Waals surface area contributed by atoms with Crippen LogP contribution < -0.4 is 10.7 Å². The van der Waals surface area contributed by atoms with Crippen molar-refractivity contribution in [2.45, 2.75) is 0 Å². The van der Waals surface area contributed by atoms with Gasteiger partial charge in [-0.05, 0) is 24.3 Å². The Hall–Kier alpha value is -2.41. The molecule has 140 valence electrons. The predicted molar refractivity (Wildman–Crippen MR) is 107 cm³/mol. The van der Waals surface area contributed by atoms with Crippen LogP contribution in [0.15, 0.2) is 41.2 Å². The molecule has 0 saturated carbocycles. The van der Waals surface area contributed by atoms with E-state index in [4.69, 9.17) is 16.3 Å². The fourth-order valence-electron chi connectivity index (χ4n) is 3.43. The number of halogens is 1. The first-order chi connectivity index (χ1) is 13.1. The highest BCUT2D eigenvalue weighted by atomic mass is 35.5.